The summed E-state index contributed by atoms with van der Waals surface area (Å²) in [5.74, 6) is 1.35. The SMILES string of the molecule is COC(=O)c1oc(CSc2ccc(C)c(C)c2)cc1C. The number of carbonyl (C=O) groups excluding carboxylic acids is 1. The third-order valence-corrected chi connectivity index (χ3v) is 4.22. The largest absolute Gasteiger partial charge is 0.463 e. The minimum absolute atomic E-state index is 0.295. The maximum absolute atomic E-state index is 11.5. The average Bonchev–Trinajstić information content (AvgIpc) is 2.80. The normalized spacial score (nSPS) is 10.6. The Bertz CT molecular complexity index is 629. The van der Waals surface area contributed by atoms with Crippen molar-refractivity contribution < 1.29 is 13.9 Å². The maximum atomic E-state index is 11.5. The molecule has 0 aliphatic heterocycles. The van der Waals surface area contributed by atoms with Crippen molar-refractivity contribution in [3.63, 3.8) is 0 Å². The van der Waals surface area contributed by atoms with E-state index in [0.29, 0.717) is 11.5 Å². The van der Waals surface area contributed by atoms with Crippen molar-refractivity contribution in [3.8, 4) is 0 Å². The second-order valence-electron chi connectivity index (χ2n) is 4.75. The molecule has 0 radical (unpaired) electrons. The molecule has 2 aromatic rings. The fraction of sp³-hybridized carbons (Fsp3) is 0.312. The molecule has 0 aliphatic rings. The number of hydrogen-bond acceptors (Lipinski definition) is 4. The zero-order chi connectivity index (χ0) is 14.7. The van der Waals surface area contributed by atoms with Gasteiger partial charge in [-0.25, -0.2) is 4.79 Å². The van der Waals surface area contributed by atoms with Crippen LogP contribution in [0.1, 0.15) is 33.0 Å². The highest BCUT2D eigenvalue weighted by molar-refractivity contribution is 7.98. The van der Waals surface area contributed by atoms with Crippen LogP contribution < -0.4 is 0 Å². The first-order valence-electron chi connectivity index (χ1n) is 6.39. The predicted octanol–water partition coefficient (Wildman–Crippen LogP) is 4.28. The quantitative estimate of drug-likeness (QED) is 0.622. The first kappa shape index (κ1) is 14.7. The molecule has 0 unspecified atom stereocenters. The number of esters is 1. The number of benzene rings is 1. The highest BCUT2D eigenvalue weighted by Gasteiger charge is 2.16. The second-order valence-corrected chi connectivity index (χ2v) is 5.80. The van der Waals surface area contributed by atoms with Crippen molar-refractivity contribution in [2.75, 3.05) is 7.11 Å². The summed E-state index contributed by atoms with van der Waals surface area (Å²) in [4.78, 5) is 12.7. The van der Waals surface area contributed by atoms with Crippen LogP contribution in [0.5, 0.6) is 0 Å². The molecular weight excluding hydrogens is 272 g/mol. The van der Waals surface area contributed by atoms with Crippen LogP contribution in [0.15, 0.2) is 33.6 Å². The zero-order valence-corrected chi connectivity index (χ0v) is 13.0. The van der Waals surface area contributed by atoms with Crippen molar-refractivity contribution in [1.82, 2.24) is 0 Å². The third kappa shape index (κ3) is 3.25. The Balaban J connectivity index is 2.07. The molecule has 3 nitrogen and oxygen atoms in total. The molecule has 4 heteroatoms. The Morgan fingerprint density at radius 3 is 2.55 bits per heavy atom. The van der Waals surface area contributed by atoms with Gasteiger partial charge in [0, 0.05) is 10.5 Å². The van der Waals surface area contributed by atoms with Gasteiger partial charge >= 0.3 is 5.97 Å². The molecular formula is C16H18O3S. The Kier molecular flexibility index (Phi) is 4.55. The van der Waals surface area contributed by atoms with Gasteiger partial charge in [-0.2, -0.15) is 0 Å². The average molecular weight is 290 g/mol. The summed E-state index contributed by atoms with van der Waals surface area (Å²) in [5.41, 5.74) is 3.38. The van der Waals surface area contributed by atoms with Crippen molar-refractivity contribution in [3.05, 3.63) is 52.5 Å². The topological polar surface area (TPSA) is 39.4 Å². The van der Waals surface area contributed by atoms with Crippen LogP contribution in [-0.2, 0) is 10.5 Å². The maximum Gasteiger partial charge on any atom is 0.374 e. The van der Waals surface area contributed by atoms with Gasteiger partial charge in [0.05, 0.1) is 12.9 Å². The highest BCUT2D eigenvalue weighted by Crippen LogP contribution is 2.27. The molecule has 0 spiro atoms. The fourth-order valence-electron chi connectivity index (χ4n) is 1.87. The van der Waals surface area contributed by atoms with Gasteiger partial charge in [0.15, 0.2) is 0 Å². The van der Waals surface area contributed by atoms with E-state index in [4.69, 9.17) is 4.42 Å². The summed E-state index contributed by atoms with van der Waals surface area (Å²) < 4.78 is 10.2. The van der Waals surface area contributed by atoms with E-state index in [9.17, 15) is 4.79 Å². The van der Waals surface area contributed by atoms with E-state index >= 15 is 0 Å². The van der Waals surface area contributed by atoms with E-state index < -0.39 is 5.97 Å². The van der Waals surface area contributed by atoms with Crippen LogP contribution in [0.2, 0.25) is 0 Å². The molecule has 0 amide bonds. The second kappa shape index (κ2) is 6.18. The van der Waals surface area contributed by atoms with Gasteiger partial charge in [-0.1, -0.05) is 6.07 Å². The Morgan fingerprint density at radius 2 is 1.90 bits per heavy atom. The van der Waals surface area contributed by atoms with Crippen LogP contribution in [0, 0.1) is 20.8 Å². The molecule has 1 heterocycles. The van der Waals surface area contributed by atoms with Crippen LogP contribution in [0.3, 0.4) is 0 Å². The molecule has 106 valence electrons. The summed E-state index contributed by atoms with van der Waals surface area (Å²) in [7, 11) is 1.35. The van der Waals surface area contributed by atoms with Gasteiger partial charge in [0.1, 0.15) is 5.76 Å². The Labute approximate surface area is 123 Å². The lowest BCUT2D eigenvalue weighted by Crippen LogP contribution is -2.00. The molecule has 0 aliphatic carbocycles. The number of aryl methyl sites for hydroxylation is 3. The number of furan rings is 1. The Morgan fingerprint density at radius 1 is 1.15 bits per heavy atom. The van der Waals surface area contributed by atoms with Crippen molar-refractivity contribution in [2.24, 2.45) is 0 Å². The lowest BCUT2D eigenvalue weighted by Gasteiger charge is -2.03. The third-order valence-electron chi connectivity index (χ3n) is 3.20. The first-order chi connectivity index (χ1) is 9.51. The zero-order valence-electron chi connectivity index (χ0n) is 12.1. The molecule has 0 fully saturated rings. The van der Waals surface area contributed by atoms with Crippen LogP contribution in [0.4, 0.5) is 0 Å². The predicted molar refractivity (Wildman–Crippen MR) is 80.3 cm³/mol. The molecule has 0 bridgehead atoms. The van der Waals surface area contributed by atoms with Gasteiger partial charge in [-0.05, 0) is 50.1 Å². The van der Waals surface area contributed by atoms with E-state index in [-0.39, 0.29) is 0 Å². The van der Waals surface area contributed by atoms with Crippen molar-refractivity contribution in [2.45, 2.75) is 31.4 Å². The summed E-state index contributed by atoms with van der Waals surface area (Å²) in [6.45, 7) is 6.05. The van der Waals surface area contributed by atoms with E-state index in [0.717, 1.165) is 11.3 Å². The molecule has 0 atom stereocenters. The molecule has 2 rings (SSSR count). The van der Waals surface area contributed by atoms with Crippen molar-refractivity contribution in [1.29, 1.82) is 0 Å². The summed E-state index contributed by atoms with van der Waals surface area (Å²) in [6.07, 6.45) is 0. The van der Waals surface area contributed by atoms with E-state index in [1.807, 2.05) is 13.0 Å². The van der Waals surface area contributed by atoms with Gasteiger partial charge in [-0.3, -0.25) is 0 Å². The van der Waals surface area contributed by atoms with Gasteiger partial charge in [0.2, 0.25) is 5.76 Å². The smallest absolute Gasteiger partial charge is 0.374 e. The van der Waals surface area contributed by atoms with Gasteiger partial charge in [0.25, 0.3) is 0 Å². The minimum atomic E-state index is -0.426. The van der Waals surface area contributed by atoms with Crippen molar-refractivity contribution >= 4 is 17.7 Å². The molecule has 20 heavy (non-hydrogen) atoms. The number of ether oxygens (including phenoxy) is 1. The van der Waals surface area contributed by atoms with Gasteiger partial charge in [-0.15, -0.1) is 11.8 Å². The molecule has 0 saturated heterocycles. The molecule has 0 saturated carbocycles. The Hall–Kier alpha value is -1.68. The highest BCUT2D eigenvalue weighted by atomic mass is 32.2. The number of carbonyl (C=O) groups is 1. The lowest BCUT2D eigenvalue weighted by atomic mass is 10.1. The number of methoxy groups -OCH3 is 1. The van der Waals surface area contributed by atoms with Crippen LogP contribution >= 0.6 is 11.8 Å². The van der Waals surface area contributed by atoms with E-state index in [1.165, 1.54) is 23.1 Å². The van der Waals surface area contributed by atoms with E-state index in [2.05, 4.69) is 36.8 Å². The number of hydrogen-bond donors (Lipinski definition) is 0. The first-order valence-corrected chi connectivity index (χ1v) is 7.37. The number of thioether (sulfide) groups is 1. The summed E-state index contributed by atoms with van der Waals surface area (Å²) >= 11 is 1.69. The summed E-state index contributed by atoms with van der Waals surface area (Å²) in [6, 6.07) is 8.27. The van der Waals surface area contributed by atoms with E-state index in [1.54, 1.807) is 11.8 Å². The molecule has 1 aromatic heterocycles. The fourth-order valence-corrected chi connectivity index (χ4v) is 2.75. The number of rotatable bonds is 4. The monoisotopic (exact) mass is 290 g/mol. The van der Waals surface area contributed by atoms with Gasteiger partial charge < -0.3 is 9.15 Å². The minimum Gasteiger partial charge on any atom is -0.463 e. The molecule has 0 N–H and O–H groups in total. The standard InChI is InChI=1S/C16H18O3S/c1-10-5-6-14(8-11(10)2)20-9-13-7-12(3)15(19-13)16(17)18-4/h5-8H,9H2,1-4H3. The lowest BCUT2D eigenvalue weighted by molar-refractivity contribution is 0.0562. The van der Waals surface area contributed by atoms with Crippen LogP contribution in [-0.4, -0.2) is 13.1 Å². The van der Waals surface area contributed by atoms with Crippen LogP contribution in [0.25, 0.3) is 0 Å². The summed E-state index contributed by atoms with van der Waals surface area (Å²) in [5, 5.41) is 0. The molecule has 1 aromatic carbocycles.